The first kappa shape index (κ1) is 26.0. The quantitative estimate of drug-likeness (QED) is 0.327. The van der Waals surface area contributed by atoms with Crippen molar-refractivity contribution in [3.8, 4) is 17.2 Å². The summed E-state index contributed by atoms with van der Waals surface area (Å²) in [5.41, 5.74) is 1.44. The van der Waals surface area contributed by atoms with E-state index in [9.17, 15) is 19.7 Å². The Kier molecular flexibility index (Phi) is 8.45. The van der Waals surface area contributed by atoms with Crippen molar-refractivity contribution in [1.29, 1.82) is 0 Å². The highest BCUT2D eigenvalue weighted by atomic mass is 16.6. The molecule has 10 heteroatoms. The summed E-state index contributed by atoms with van der Waals surface area (Å²) in [5.74, 6) is 0.385. The van der Waals surface area contributed by atoms with Crippen LogP contribution in [0.25, 0.3) is 0 Å². The number of nitrogens with one attached hydrogen (secondary N) is 1. The summed E-state index contributed by atoms with van der Waals surface area (Å²) in [6, 6.07) is 17.4. The average Bonchev–Trinajstić information content (AvgIpc) is 2.90. The van der Waals surface area contributed by atoms with Gasteiger partial charge in [-0.15, -0.1) is 0 Å². The van der Waals surface area contributed by atoms with Crippen molar-refractivity contribution in [2.24, 2.45) is 0 Å². The Morgan fingerprint density at radius 2 is 1.69 bits per heavy atom. The van der Waals surface area contributed by atoms with E-state index in [1.165, 1.54) is 37.3 Å². The van der Waals surface area contributed by atoms with Crippen molar-refractivity contribution in [1.82, 2.24) is 4.90 Å². The maximum absolute atomic E-state index is 13.1. The number of nitro groups is 1. The molecule has 0 aliphatic heterocycles. The lowest BCUT2D eigenvalue weighted by molar-refractivity contribution is -0.384. The number of carbonyl (C=O) groups excluding carboxylic acids is 2. The first-order valence-corrected chi connectivity index (χ1v) is 11.0. The molecule has 2 amide bonds. The largest absolute Gasteiger partial charge is 0.495 e. The van der Waals surface area contributed by atoms with Gasteiger partial charge in [0.25, 0.3) is 17.5 Å². The first-order valence-electron chi connectivity index (χ1n) is 11.0. The molecule has 36 heavy (non-hydrogen) atoms. The summed E-state index contributed by atoms with van der Waals surface area (Å²) in [6.07, 6.45) is 0. The van der Waals surface area contributed by atoms with Gasteiger partial charge in [0.1, 0.15) is 5.75 Å². The molecule has 0 saturated heterocycles. The Morgan fingerprint density at radius 1 is 0.972 bits per heavy atom. The normalized spacial score (nSPS) is 11.2. The van der Waals surface area contributed by atoms with Gasteiger partial charge < -0.3 is 24.4 Å². The van der Waals surface area contributed by atoms with Crippen LogP contribution < -0.4 is 19.5 Å². The van der Waals surface area contributed by atoms with Crippen LogP contribution in [-0.2, 0) is 4.79 Å². The maximum atomic E-state index is 13.1. The summed E-state index contributed by atoms with van der Waals surface area (Å²) in [5, 5.41) is 13.8. The summed E-state index contributed by atoms with van der Waals surface area (Å²) >= 11 is 0. The van der Waals surface area contributed by atoms with Crippen LogP contribution in [0.1, 0.15) is 28.9 Å². The van der Waals surface area contributed by atoms with Crippen molar-refractivity contribution in [3.05, 3.63) is 88.0 Å². The van der Waals surface area contributed by atoms with Crippen molar-refractivity contribution in [2.45, 2.75) is 13.0 Å². The Hall–Kier alpha value is -4.60. The minimum Gasteiger partial charge on any atom is -0.495 e. The van der Waals surface area contributed by atoms with Crippen molar-refractivity contribution in [3.63, 3.8) is 0 Å². The van der Waals surface area contributed by atoms with Crippen LogP contribution in [0.2, 0.25) is 0 Å². The molecule has 0 aliphatic rings. The molecule has 0 saturated carbocycles. The third-order valence-electron chi connectivity index (χ3n) is 5.62. The predicted octanol–water partition coefficient (Wildman–Crippen LogP) is 4.46. The van der Waals surface area contributed by atoms with Gasteiger partial charge in [-0.3, -0.25) is 19.7 Å². The molecule has 0 bridgehead atoms. The van der Waals surface area contributed by atoms with Gasteiger partial charge in [0.15, 0.2) is 18.1 Å². The molecule has 1 unspecified atom stereocenters. The molecule has 10 nitrogen and oxygen atoms in total. The van der Waals surface area contributed by atoms with E-state index < -0.39 is 16.9 Å². The number of non-ortho nitro benzene ring substituents is 1. The van der Waals surface area contributed by atoms with Gasteiger partial charge >= 0.3 is 0 Å². The molecular formula is C26H27N3O7. The van der Waals surface area contributed by atoms with E-state index in [0.717, 1.165) is 0 Å². The molecule has 0 aromatic heterocycles. The number of para-hydroxylation sites is 2. The van der Waals surface area contributed by atoms with E-state index in [4.69, 9.17) is 14.2 Å². The maximum Gasteiger partial charge on any atom is 0.269 e. The summed E-state index contributed by atoms with van der Waals surface area (Å²) in [4.78, 5) is 37.6. The zero-order valence-electron chi connectivity index (χ0n) is 20.4. The van der Waals surface area contributed by atoms with E-state index in [1.807, 2.05) is 0 Å². The van der Waals surface area contributed by atoms with Gasteiger partial charge in [-0.1, -0.05) is 24.3 Å². The molecule has 3 aromatic carbocycles. The molecule has 1 atom stereocenters. The Balaban J connectivity index is 1.69. The highest BCUT2D eigenvalue weighted by Crippen LogP contribution is 2.30. The van der Waals surface area contributed by atoms with Gasteiger partial charge in [-0.05, 0) is 42.8 Å². The van der Waals surface area contributed by atoms with E-state index >= 15 is 0 Å². The first-order chi connectivity index (χ1) is 17.2. The Bertz CT molecular complexity index is 1260. The fourth-order valence-corrected chi connectivity index (χ4v) is 3.50. The van der Waals surface area contributed by atoms with Crippen LogP contribution in [0.3, 0.4) is 0 Å². The number of ether oxygens (including phenoxy) is 3. The minimum atomic E-state index is -0.474. The van der Waals surface area contributed by atoms with Gasteiger partial charge in [-0.25, -0.2) is 0 Å². The molecule has 3 aromatic rings. The van der Waals surface area contributed by atoms with Gasteiger partial charge in [-0.2, -0.15) is 0 Å². The van der Waals surface area contributed by atoms with Crippen LogP contribution in [0.4, 0.5) is 11.4 Å². The predicted molar refractivity (Wildman–Crippen MR) is 134 cm³/mol. The second-order valence-electron chi connectivity index (χ2n) is 7.85. The SMILES string of the molecule is COc1ccccc1NC(=O)COc1ccc(C(=O)N(C)C(C)c2cccc([N+](=O)[O-])c2)cc1OC. The van der Waals surface area contributed by atoms with Crippen LogP contribution in [0, 0.1) is 10.1 Å². The molecule has 0 spiro atoms. The van der Waals surface area contributed by atoms with Crippen LogP contribution in [0.15, 0.2) is 66.7 Å². The zero-order valence-corrected chi connectivity index (χ0v) is 20.4. The fourth-order valence-electron chi connectivity index (χ4n) is 3.50. The number of amides is 2. The lowest BCUT2D eigenvalue weighted by Gasteiger charge is -2.25. The molecule has 1 N–H and O–H groups in total. The number of anilines is 1. The summed E-state index contributed by atoms with van der Waals surface area (Å²) in [7, 11) is 4.56. The Morgan fingerprint density at radius 3 is 2.39 bits per heavy atom. The average molecular weight is 494 g/mol. The summed E-state index contributed by atoms with van der Waals surface area (Å²) < 4.78 is 16.2. The smallest absolute Gasteiger partial charge is 0.269 e. The van der Waals surface area contributed by atoms with Crippen molar-refractivity contribution < 1.29 is 28.7 Å². The third-order valence-corrected chi connectivity index (χ3v) is 5.62. The number of benzene rings is 3. The van der Waals surface area contributed by atoms with E-state index in [-0.39, 0.29) is 24.0 Å². The zero-order chi connectivity index (χ0) is 26.2. The van der Waals surface area contributed by atoms with Gasteiger partial charge in [0.05, 0.1) is 30.9 Å². The summed E-state index contributed by atoms with van der Waals surface area (Å²) in [6.45, 7) is 1.50. The number of nitro benzene ring substituents is 1. The standard InChI is InChI=1S/C26H27N3O7/c1-17(18-8-7-9-20(14-18)29(32)33)28(2)26(31)19-12-13-23(24(15-19)35-4)36-16-25(30)27-21-10-5-6-11-22(21)34-3/h5-15,17H,16H2,1-4H3,(H,27,30). The van der Waals surface area contributed by atoms with E-state index in [2.05, 4.69) is 5.32 Å². The van der Waals surface area contributed by atoms with Gasteiger partial charge in [0.2, 0.25) is 0 Å². The van der Waals surface area contributed by atoms with E-state index in [1.54, 1.807) is 62.5 Å². The third kappa shape index (κ3) is 6.09. The second kappa shape index (κ2) is 11.7. The second-order valence-corrected chi connectivity index (χ2v) is 7.85. The molecule has 3 rings (SSSR count). The number of hydrogen-bond acceptors (Lipinski definition) is 7. The minimum absolute atomic E-state index is 0.0434. The highest BCUT2D eigenvalue weighted by molar-refractivity contribution is 5.95. The van der Waals surface area contributed by atoms with Crippen molar-refractivity contribution >= 4 is 23.2 Å². The number of carbonyl (C=O) groups is 2. The molecule has 0 fully saturated rings. The van der Waals surface area contributed by atoms with Gasteiger partial charge in [0, 0.05) is 24.7 Å². The number of nitrogens with zero attached hydrogens (tertiary/aromatic N) is 2. The molecular weight excluding hydrogens is 466 g/mol. The number of rotatable bonds is 10. The van der Waals surface area contributed by atoms with Crippen molar-refractivity contribution in [2.75, 3.05) is 33.2 Å². The molecule has 0 aliphatic carbocycles. The highest BCUT2D eigenvalue weighted by Gasteiger charge is 2.22. The van der Waals surface area contributed by atoms with Crippen LogP contribution >= 0.6 is 0 Å². The lowest BCUT2D eigenvalue weighted by Crippen LogP contribution is -2.29. The van der Waals surface area contributed by atoms with E-state index in [0.29, 0.717) is 28.3 Å². The van der Waals surface area contributed by atoms with Crippen LogP contribution in [0.5, 0.6) is 17.2 Å². The lowest BCUT2D eigenvalue weighted by atomic mass is 10.1. The van der Waals surface area contributed by atoms with Crippen LogP contribution in [-0.4, -0.2) is 49.5 Å². The monoisotopic (exact) mass is 493 g/mol. The molecule has 0 radical (unpaired) electrons. The topological polar surface area (TPSA) is 120 Å². The number of hydrogen-bond donors (Lipinski definition) is 1. The molecule has 0 heterocycles. The molecule has 188 valence electrons. The fraction of sp³-hybridized carbons (Fsp3) is 0.231. The number of methoxy groups -OCH3 is 2. The Labute approximate surface area is 208 Å².